The van der Waals surface area contributed by atoms with Gasteiger partial charge in [-0.05, 0) is 42.9 Å². The normalized spacial score (nSPS) is 16.3. The van der Waals surface area contributed by atoms with Crippen LogP contribution in [-0.4, -0.2) is 6.54 Å². The lowest BCUT2D eigenvalue weighted by atomic mass is 10.0. The monoisotopic (exact) mass is 245 g/mol. The number of benzene rings is 1. The van der Waals surface area contributed by atoms with Gasteiger partial charge in [-0.15, -0.1) is 0 Å². The molecule has 1 aliphatic carbocycles. The van der Waals surface area contributed by atoms with E-state index >= 15 is 0 Å². The number of hydrogen-bond donors (Lipinski definition) is 1. The topological polar surface area (TPSA) is 12.0 Å². The molecule has 100 valence electrons. The van der Waals surface area contributed by atoms with E-state index in [1.807, 2.05) is 0 Å². The Bertz CT molecular complexity index is 339. The zero-order valence-corrected chi connectivity index (χ0v) is 11.8. The number of hydrogen-bond acceptors (Lipinski definition) is 1. The van der Waals surface area contributed by atoms with Crippen molar-refractivity contribution in [2.45, 2.75) is 58.4 Å². The van der Waals surface area contributed by atoms with E-state index in [2.05, 4.69) is 36.5 Å². The molecule has 1 aromatic carbocycles. The first-order valence-electron chi connectivity index (χ1n) is 7.67. The van der Waals surface area contributed by atoms with Crippen molar-refractivity contribution in [2.24, 2.45) is 5.92 Å². The highest BCUT2D eigenvalue weighted by Gasteiger charge is 2.13. The van der Waals surface area contributed by atoms with Gasteiger partial charge in [0.25, 0.3) is 0 Å². The third-order valence-corrected chi connectivity index (χ3v) is 4.26. The SMILES string of the molecule is CCc1ccccc1CNCCCC1CCCC1. The average Bonchev–Trinajstić information content (AvgIpc) is 2.92. The average molecular weight is 245 g/mol. The lowest BCUT2D eigenvalue weighted by Crippen LogP contribution is -2.16. The van der Waals surface area contributed by atoms with Crippen molar-refractivity contribution >= 4 is 0 Å². The molecule has 0 bridgehead atoms. The predicted molar refractivity (Wildman–Crippen MR) is 78.7 cm³/mol. The van der Waals surface area contributed by atoms with Gasteiger partial charge in [0.05, 0.1) is 0 Å². The summed E-state index contributed by atoms with van der Waals surface area (Å²) in [6.45, 7) is 4.45. The van der Waals surface area contributed by atoms with Crippen molar-refractivity contribution in [1.29, 1.82) is 0 Å². The van der Waals surface area contributed by atoms with E-state index in [-0.39, 0.29) is 0 Å². The Morgan fingerprint density at radius 2 is 1.83 bits per heavy atom. The van der Waals surface area contributed by atoms with Gasteiger partial charge in [0.15, 0.2) is 0 Å². The molecule has 0 atom stereocenters. The zero-order valence-electron chi connectivity index (χ0n) is 11.8. The highest BCUT2D eigenvalue weighted by molar-refractivity contribution is 5.26. The highest BCUT2D eigenvalue weighted by atomic mass is 14.8. The van der Waals surface area contributed by atoms with Crippen LogP contribution in [0.4, 0.5) is 0 Å². The molecule has 1 aliphatic rings. The van der Waals surface area contributed by atoms with E-state index < -0.39 is 0 Å². The fourth-order valence-corrected chi connectivity index (χ4v) is 3.11. The minimum absolute atomic E-state index is 1.04. The van der Waals surface area contributed by atoms with Crippen LogP contribution in [0.3, 0.4) is 0 Å². The van der Waals surface area contributed by atoms with Crippen LogP contribution in [-0.2, 0) is 13.0 Å². The first kappa shape index (κ1) is 13.6. The van der Waals surface area contributed by atoms with Crippen molar-refractivity contribution in [3.63, 3.8) is 0 Å². The van der Waals surface area contributed by atoms with Crippen molar-refractivity contribution in [3.8, 4) is 0 Å². The fraction of sp³-hybridized carbons (Fsp3) is 0.647. The van der Waals surface area contributed by atoms with Gasteiger partial charge >= 0.3 is 0 Å². The van der Waals surface area contributed by atoms with Crippen LogP contribution in [0.2, 0.25) is 0 Å². The van der Waals surface area contributed by atoms with E-state index in [0.717, 1.165) is 18.9 Å². The maximum atomic E-state index is 3.60. The Kier molecular flexibility index (Phi) is 5.73. The number of nitrogens with one attached hydrogen (secondary N) is 1. The van der Waals surface area contributed by atoms with Gasteiger partial charge in [-0.25, -0.2) is 0 Å². The molecule has 0 saturated heterocycles. The van der Waals surface area contributed by atoms with Gasteiger partial charge in [0, 0.05) is 6.54 Å². The van der Waals surface area contributed by atoms with Crippen LogP contribution in [0.5, 0.6) is 0 Å². The summed E-state index contributed by atoms with van der Waals surface area (Å²) in [4.78, 5) is 0. The summed E-state index contributed by atoms with van der Waals surface area (Å²) in [7, 11) is 0. The second-order valence-corrected chi connectivity index (χ2v) is 5.59. The molecule has 0 radical (unpaired) electrons. The molecule has 1 N–H and O–H groups in total. The molecule has 0 aromatic heterocycles. The zero-order chi connectivity index (χ0) is 12.6. The number of aryl methyl sites for hydroxylation is 1. The minimum Gasteiger partial charge on any atom is -0.313 e. The molecule has 1 aromatic rings. The lowest BCUT2D eigenvalue weighted by Gasteiger charge is -2.11. The molecular weight excluding hydrogens is 218 g/mol. The van der Waals surface area contributed by atoms with E-state index in [0.29, 0.717) is 0 Å². The van der Waals surface area contributed by atoms with Gasteiger partial charge in [-0.3, -0.25) is 0 Å². The molecule has 0 spiro atoms. The van der Waals surface area contributed by atoms with Crippen LogP contribution in [0.15, 0.2) is 24.3 Å². The van der Waals surface area contributed by atoms with Gasteiger partial charge < -0.3 is 5.32 Å². The standard InChI is InChI=1S/C17H27N/c1-2-16-11-5-6-12-17(16)14-18-13-7-10-15-8-3-4-9-15/h5-6,11-12,15,18H,2-4,7-10,13-14H2,1H3. The van der Waals surface area contributed by atoms with E-state index in [9.17, 15) is 0 Å². The van der Waals surface area contributed by atoms with Crippen molar-refractivity contribution in [1.82, 2.24) is 5.32 Å². The van der Waals surface area contributed by atoms with Crippen molar-refractivity contribution in [3.05, 3.63) is 35.4 Å². The molecule has 1 saturated carbocycles. The molecule has 1 heteroatoms. The maximum Gasteiger partial charge on any atom is 0.0208 e. The molecule has 0 amide bonds. The largest absolute Gasteiger partial charge is 0.313 e. The Morgan fingerprint density at radius 3 is 2.56 bits per heavy atom. The number of rotatable bonds is 7. The summed E-state index contributed by atoms with van der Waals surface area (Å²) in [6, 6.07) is 8.79. The van der Waals surface area contributed by atoms with Crippen LogP contribution in [0, 0.1) is 5.92 Å². The third-order valence-electron chi connectivity index (χ3n) is 4.26. The first-order valence-corrected chi connectivity index (χ1v) is 7.67. The van der Waals surface area contributed by atoms with Crippen LogP contribution in [0.25, 0.3) is 0 Å². The lowest BCUT2D eigenvalue weighted by molar-refractivity contribution is 0.470. The molecule has 0 aliphatic heterocycles. The molecule has 18 heavy (non-hydrogen) atoms. The Hall–Kier alpha value is -0.820. The summed E-state index contributed by atoms with van der Waals surface area (Å²) in [5, 5.41) is 3.60. The summed E-state index contributed by atoms with van der Waals surface area (Å²) < 4.78 is 0. The first-order chi connectivity index (χ1) is 8.90. The second-order valence-electron chi connectivity index (χ2n) is 5.59. The van der Waals surface area contributed by atoms with Gasteiger partial charge in [0.2, 0.25) is 0 Å². The summed E-state index contributed by atoms with van der Waals surface area (Å²) >= 11 is 0. The van der Waals surface area contributed by atoms with Crippen LogP contribution in [0.1, 0.15) is 56.6 Å². The second kappa shape index (κ2) is 7.58. The van der Waals surface area contributed by atoms with Crippen molar-refractivity contribution < 1.29 is 0 Å². The Labute approximate surface area is 112 Å². The minimum atomic E-state index is 1.04. The van der Waals surface area contributed by atoms with E-state index in [4.69, 9.17) is 0 Å². The molecule has 0 unspecified atom stereocenters. The van der Waals surface area contributed by atoms with Crippen LogP contribution >= 0.6 is 0 Å². The Morgan fingerprint density at radius 1 is 1.11 bits per heavy atom. The summed E-state index contributed by atoms with van der Waals surface area (Å²) in [5.41, 5.74) is 2.96. The van der Waals surface area contributed by atoms with Gasteiger partial charge in [0.1, 0.15) is 0 Å². The quantitative estimate of drug-likeness (QED) is 0.706. The predicted octanol–water partition coefficient (Wildman–Crippen LogP) is 4.31. The highest BCUT2D eigenvalue weighted by Crippen LogP contribution is 2.28. The molecule has 1 fully saturated rings. The van der Waals surface area contributed by atoms with E-state index in [1.54, 1.807) is 0 Å². The molecule has 2 rings (SSSR count). The van der Waals surface area contributed by atoms with Gasteiger partial charge in [-0.1, -0.05) is 56.9 Å². The van der Waals surface area contributed by atoms with Crippen molar-refractivity contribution in [2.75, 3.05) is 6.54 Å². The van der Waals surface area contributed by atoms with E-state index in [1.165, 1.54) is 56.2 Å². The molecule has 0 heterocycles. The molecule has 1 nitrogen and oxygen atoms in total. The van der Waals surface area contributed by atoms with Crippen LogP contribution < -0.4 is 5.32 Å². The molecular formula is C17H27N. The Balaban J connectivity index is 1.62. The maximum absolute atomic E-state index is 3.60. The third kappa shape index (κ3) is 4.13. The van der Waals surface area contributed by atoms with Gasteiger partial charge in [-0.2, -0.15) is 0 Å². The summed E-state index contributed by atoms with van der Waals surface area (Å²) in [5.74, 6) is 1.04. The summed E-state index contributed by atoms with van der Waals surface area (Å²) in [6.07, 6.45) is 9.84. The smallest absolute Gasteiger partial charge is 0.0208 e. The fourth-order valence-electron chi connectivity index (χ4n) is 3.11.